The highest BCUT2D eigenvalue weighted by molar-refractivity contribution is 7.89. The summed E-state index contributed by atoms with van der Waals surface area (Å²) in [6.07, 6.45) is 3.68. The van der Waals surface area contributed by atoms with E-state index in [2.05, 4.69) is 9.82 Å². The van der Waals surface area contributed by atoms with E-state index in [-0.39, 0.29) is 17.6 Å². The van der Waals surface area contributed by atoms with Gasteiger partial charge in [0.05, 0.1) is 18.6 Å². The van der Waals surface area contributed by atoms with Gasteiger partial charge in [-0.15, -0.1) is 0 Å². The summed E-state index contributed by atoms with van der Waals surface area (Å²) in [5.41, 5.74) is 0. The van der Waals surface area contributed by atoms with Crippen LogP contribution < -0.4 is 9.62 Å². The zero-order chi connectivity index (χ0) is 17.2. The summed E-state index contributed by atoms with van der Waals surface area (Å²) >= 11 is 0. The van der Waals surface area contributed by atoms with Crippen LogP contribution in [-0.2, 0) is 26.1 Å². The minimum atomic E-state index is -3.51. The fourth-order valence-corrected chi connectivity index (χ4v) is 4.93. The molecule has 1 aromatic heterocycles. The Kier molecular flexibility index (Phi) is 5.21. The molecule has 2 aliphatic heterocycles. The van der Waals surface area contributed by atoms with Crippen LogP contribution in [-0.4, -0.2) is 55.7 Å². The summed E-state index contributed by atoms with van der Waals surface area (Å²) < 4.78 is 34.3. The summed E-state index contributed by atoms with van der Waals surface area (Å²) in [6, 6.07) is 1.08. The van der Waals surface area contributed by atoms with E-state index < -0.39 is 16.1 Å². The zero-order valence-electron chi connectivity index (χ0n) is 13.8. The molecule has 0 radical (unpaired) electrons. The van der Waals surface area contributed by atoms with Gasteiger partial charge < -0.3 is 4.74 Å². The zero-order valence-corrected chi connectivity index (χ0v) is 14.7. The summed E-state index contributed by atoms with van der Waals surface area (Å²) in [4.78, 5) is 14.4. The third kappa shape index (κ3) is 3.79. The van der Waals surface area contributed by atoms with Crippen molar-refractivity contribution in [1.82, 2.24) is 14.5 Å². The molecule has 1 aromatic rings. The van der Waals surface area contributed by atoms with Crippen LogP contribution in [0.15, 0.2) is 12.3 Å². The normalized spacial score (nSPS) is 25.4. The first-order chi connectivity index (χ1) is 11.5. The number of ether oxygens (including phenoxy) is 1. The van der Waals surface area contributed by atoms with Gasteiger partial charge in [0.1, 0.15) is 11.9 Å². The van der Waals surface area contributed by atoms with Crippen molar-refractivity contribution in [3.63, 3.8) is 0 Å². The molecule has 0 aliphatic carbocycles. The van der Waals surface area contributed by atoms with E-state index in [0.717, 1.165) is 18.7 Å². The Labute approximate surface area is 142 Å². The van der Waals surface area contributed by atoms with E-state index in [1.54, 1.807) is 21.8 Å². The lowest BCUT2D eigenvalue weighted by molar-refractivity contribution is -0.121. The van der Waals surface area contributed by atoms with Crippen molar-refractivity contribution in [3.8, 4) is 0 Å². The van der Waals surface area contributed by atoms with Gasteiger partial charge >= 0.3 is 0 Å². The maximum absolute atomic E-state index is 12.7. The molecule has 0 spiro atoms. The standard InChI is InChI=1S/C15H24N4O4S/c1-2-19-14(5-7-16-19)18-8-3-4-13(15(18)20)17-24(21,22)11-12-6-9-23-10-12/h5,7,12-13,17H,2-4,6,8-11H2,1H3. The van der Waals surface area contributed by atoms with Crippen LogP contribution >= 0.6 is 0 Å². The first-order valence-corrected chi connectivity index (χ1v) is 10.1. The van der Waals surface area contributed by atoms with Crippen molar-refractivity contribution < 1.29 is 17.9 Å². The van der Waals surface area contributed by atoms with Gasteiger partial charge in [-0.25, -0.2) is 17.8 Å². The molecule has 0 bridgehead atoms. The summed E-state index contributed by atoms with van der Waals surface area (Å²) in [5, 5.41) is 4.18. The Morgan fingerprint density at radius 3 is 2.96 bits per heavy atom. The molecule has 0 saturated carbocycles. The molecule has 0 aromatic carbocycles. The third-order valence-electron chi connectivity index (χ3n) is 4.51. The van der Waals surface area contributed by atoms with Crippen LogP contribution in [0.1, 0.15) is 26.2 Å². The van der Waals surface area contributed by atoms with Crippen molar-refractivity contribution in [1.29, 1.82) is 0 Å². The van der Waals surface area contributed by atoms with Crippen LogP contribution in [0.25, 0.3) is 0 Å². The summed E-state index contributed by atoms with van der Waals surface area (Å²) in [7, 11) is -3.51. The van der Waals surface area contributed by atoms with E-state index in [1.807, 2.05) is 6.92 Å². The van der Waals surface area contributed by atoms with Crippen LogP contribution in [0.4, 0.5) is 5.82 Å². The average Bonchev–Trinajstić information content (AvgIpc) is 3.19. The number of sulfonamides is 1. The Morgan fingerprint density at radius 1 is 1.42 bits per heavy atom. The average molecular weight is 356 g/mol. The molecule has 9 heteroatoms. The molecule has 3 heterocycles. The molecule has 1 amide bonds. The van der Waals surface area contributed by atoms with Gasteiger partial charge in [-0.2, -0.15) is 5.10 Å². The predicted molar refractivity (Wildman–Crippen MR) is 89.1 cm³/mol. The quantitative estimate of drug-likeness (QED) is 0.794. The Balaban J connectivity index is 1.68. The number of piperidine rings is 1. The van der Waals surface area contributed by atoms with Crippen molar-refractivity contribution in [3.05, 3.63) is 12.3 Å². The molecule has 1 N–H and O–H groups in total. The van der Waals surface area contributed by atoms with Crippen LogP contribution in [0.3, 0.4) is 0 Å². The number of hydrogen-bond donors (Lipinski definition) is 1. The van der Waals surface area contributed by atoms with E-state index in [9.17, 15) is 13.2 Å². The lowest BCUT2D eigenvalue weighted by Gasteiger charge is -2.32. The largest absolute Gasteiger partial charge is 0.381 e. The second-order valence-electron chi connectivity index (χ2n) is 6.32. The van der Waals surface area contributed by atoms with Crippen molar-refractivity contribution >= 4 is 21.7 Å². The maximum Gasteiger partial charge on any atom is 0.246 e. The molecule has 24 heavy (non-hydrogen) atoms. The summed E-state index contributed by atoms with van der Waals surface area (Å²) in [5.74, 6) is 0.543. The van der Waals surface area contributed by atoms with E-state index in [0.29, 0.717) is 32.7 Å². The van der Waals surface area contributed by atoms with Gasteiger partial charge in [0.15, 0.2) is 0 Å². The fraction of sp³-hybridized carbons (Fsp3) is 0.733. The molecule has 2 saturated heterocycles. The number of nitrogens with one attached hydrogen (secondary N) is 1. The number of anilines is 1. The molecular weight excluding hydrogens is 332 g/mol. The van der Waals surface area contributed by atoms with Crippen LogP contribution in [0, 0.1) is 5.92 Å². The van der Waals surface area contributed by atoms with Gasteiger partial charge in [-0.1, -0.05) is 0 Å². The van der Waals surface area contributed by atoms with Crippen molar-refractivity contribution in [2.24, 2.45) is 5.92 Å². The number of hydrogen-bond acceptors (Lipinski definition) is 5. The molecule has 8 nitrogen and oxygen atoms in total. The highest BCUT2D eigenvalue weighted by atomic mass is 32.2. The lowest BCUT2D eigenvalue weighted by Crippen LogP contribution is -2.53. The van der Waals surface area contributed by atoms with Crippen molar-refractivity contribution in [2.45, 2.75) is 38.8 Å². The van der Waals surface area contributed by atoms with Gasteiger partial charge in [0.25, 0.3) is 0 Å². The van der Waals surface area contributed by atoms with Gasteiger partial charge in [-0.05, 0) is 32.1 Å². The smallest absolute Gasteiger partial charge is 0.246 e. The molecular formula is C15H24N4O4S. The van der Waals surface area contributed by atoms with Crippen molar-refractivity contribution in [2.75, 3.05) is 30.4 Å². The van der Waals surface area contributed by atoms with E-state index in [4.69, 9.17) is 4.74 Å². The molecule has 2 aliphatic rings. The second-order valence-corrected chi connectivity index (χ2v) is 8.12. The number of rotatable bonds is 6. The highest BCUT2D eigenvalue weighted by Crippen LogP contribution is 2.22. The Morgan fingerprint density at radius 2 is 2.25 bits per heavy atom. The molecule has 2 fully saturated rings. The molecule has 134 valence electrons. The topological polar surface area (TPSA) is 93.5 Å². The maximum atomic E-state index is 12.7. The number of aryl methyl sites for hydroxylation is 1. The SMILES string of the molecule is CCn1nccc1N1CCCC(NS(=O)(=O)CC2CCOC2)C1=O. The predicted octanol–water partition coefficient (Wildman–Crippen LogP) is 0.354. The monoisotopic (exact) mass is 356 g/mol. The highest BCUT2D eigenvalue weighted by Gasteiger charge is 2.34. The number of amides is 1. The van der Waals surface area contributed by atoms with E-state index in [1.165, 1.54) is 0 Å². The Hall–Kier alpha value is -1.45. The fourth-order valence-electron chi connectivity index (χ4n) is 3.30. The number of carbonyl (C=O) groups is 1. The minimum absolute atomic E-state index is 0.0128. The Bertz CT molecular complexity index is 681. The number of nitrogens with zero attached hydrogens (tertiary/aromatic N) is 3. The molecule has 2 atom stereocenters. The molecule has 2 unspecified atom stereocenters. The van der Waals surface area contributed by atoms with Gasteiger partial charge in [-0.3, -0.25) is 9.69 Å². The first-order valence-electron chi connectivity index (χ1n) is 8.41. The van der Waals surface area contributed by atoms with Gasteiger partial charge in [0.2, 0.25) is 15.9 Å². The molecule has 3 rings (SSSR count). The summed E-state index contributed by atoms with van der Waals surface area (Å²) in [6.45, 7) is 4.27. The lowest BCUT2D eigenvalue weighted by atomic mass is 10.1. The number of aromatic nitrogens is 2. The van der Waals surface area contributed by atoms with E-state index >= 15 is 0 Å². The van der Waals surface area contributed by atoms with Crippen LogP contribution in [0.2, 0.25) is 0 Å². The minimum Gasteiger partial charge on any atom is -0.381 e. The third-order valence-corrected chi connectivity index (χ3v) is 6.06. The van der Waals surface area contributed by atoms with Gasteiger partial charge in [0, 0.05) is 25.8 Å². The first kappa shape index (κ1) is 17.4. The van der Waals surface area contributed by atoms with Crippen LogP contribution in [0.5, 0.6) is 0 Å². The second kappa shape index (κ2) is 7.20. The number of carbonyl (C=O) groups excluding carboxylic acids is 1.